The summed E-state index contributed by atoms with van der Waals surface area (Å²) in [7, 11) is -0.595. The van der Waals surface area contributed by atoms with E-state index in [0.717, 1.165) is 24.2 Å². The maximum absolute atomic E-state index is 13.3. The molecule has 1 aliphatic carbocycles. The molecule has 7 nitrogen and oxygen atoms in total. The SMILES string of the molecule is COc1ccc(C2CN(S(=O)(=O)c3ccc(OC)cc3)CC2C(=O)NCC2CC2)cc1. The van der Waals surface area contributed by atoms with E-state index in [0.29, 0.717) is 18.2 Å². The van der Waals surface area contributed by atoms with E-state index < -0.39 is 15.9 Å². The maximum atomic E-state index is 13.3. The predicted molar refractivity (Wildman–Crippen MR) is 117 cm³/mol. The summed E-state index contributed by atoms with van der Waals surface area (Å²) in [4.78, 5) is 13.2. The number of hydrogen-bond acceptors (Lipinski definition) is 5. The maximum Gasteiger partial charge on any atom is 0.243 e. The molecule has 31 heavy (non-hydrogen) atoms. The summed E-state index contributed by atoms with van der Waals surface area (Å²) in [6, 6.07) is 13.8. The fourth-order valence-electron chi connectivity index (χ4n) is 4.01. The Hall–Kier alpha value is -2.58. The van der Waals surface area contributed by atoms with Gasteiger partial charge in [-0.15, -0.1) is 0 Å². The average molecular weight is 445 g/mol. The van der Waals surface area contributed by atoms with E-state index in [1.165, 1.54) is 23.5 Å². The molecule has 8 heteroatoms. The molecule has 2 atom stereocenters. The largest absolute Gasteiger partial charge is 0.497 e. The lowest BCUT2D eigenvalue weighted by Gasteiger charge is -2.18. The topological polar surface area (TPSA) is 84.9 Å². The van der Waals surface area contributed by atoms with Crippen molar-refractivity contribution in [3.63, 3.8) is 0 Å². The Kier molecular flexibility index (Phi) is 6.20. The Morgan fingerprint density at radius 2 is 1.55 bits per heavy atom. The minimum atomic E-state index is -3.73. The molecule has 0 bridgehead atoms. The number of rotatable bonds is 8. The quantitative estimate of drug-likeness (QED) is 0.677. The summed E-state index contributed by atoms with van der Waals surface area (Å²) >= 11 is 0. The zero-order chi connectivity index (χ0) is 22.0. The van der Waals surface area contributed by atoms with Crippen LogP contribution in [0.15, 0.2) is 53.4 Å². The second-order valence-electron chi connectivity index (χ2n) is 8.17. The van der Waals surface area contributed by atoms with Crippen LogP contribution in [0.3, 0.4) is 0 Å². The number of nitrogens with one attached hydrogen (secondary N) is 1. The third-order valence-electron chi connectivity index (χ3n) is 6.13. The Labute approximate surface area is 183 Å². The minimum absolute atomic E-state index is 0.0832. The molecule has 1 saturated heterocycles. The summed E-state index contributed by atoms with van der Waals surface area (Å²) in [5, 5.41) is 3.03. The number of amides is 1. The minimum Gasteiger partial charge on any atom is -0.497 e. The van der Waals surface area contributed by atoms with Gasteiger partial charge in [-0.2, -0.15) is 4.31 Å². The number of nitrogens with zero attached hydrogens (tertiary/aromatic N) is 1. The van der Waals surface area contributed by atoms with Crippen molar-refractivity contribution in [2.24, 2.45) is 11.8 Å². The van der Waals surface area contributed by atoms with Crippen molar-refractivity contribution in [2.45, 2.75) is 23.7 Å². The van der Waals surface area contributed by atoms with Gasteiger partial charge in [0.05, 0.1) is 25.0 Å². The van der Waals surface area contributed by atoms with Crippen LogP contribution in [0.25, 0.3) is 0 Å². The molecule has 0 radical (unpaired) electrons. The number of carbonyl (C=O) groups is 1. The second kappa shape index (κ2) is 8.88. The molecule has 2 aromatic carbocycles. The van der Waals surface area contributed by atoms with E-state index in [2.05, 4.69) is 5.32 Å². The summed E-state index contributed by atoms with van der Waals surface area (Å²) in [5.74, 6) is 1.12. The summed E-state index contributed by atoms with van der Waals surface area (Å²) in [6.45, 7) is 1.07. The van der Waals surface area contributed by atoms with Crippen LogP contribution in [0.2, 0.25) is 0 Å². The smallest absolute Gasteiger partial charge is 0.243 e. The lowest BCUT2D eigenvalue weighted by atomic mass is 9.88. The van der Waals surface area contributed by atoms with Gasteiger partial charge in [-0.05, 0) is 60.7 Å². The van der Waals surface area contributed by atoms with Gasteiger partial charge in [0.25, 0.3) is 0 Å². The number of ether oxygens (including phenoxy) is 2. The van der Waals surface area contributed by atoms with Crippen LogP contribution in [0, 0.1) is 11.8 Å². The molecule has 1 heterocycles. The van der Waals surface area contributed by atoms with Crippen LogP contribution in [0.1, 0.15) is 24.3 Å². The Balaban J connectivity index is 1.59. The van der Waals surface area contributed by atoms with Crippen LogP contribution < -0.4 is 14.8 Å². The van der Waals surface area contributed by atoms with Crippen molar-refractivity contribution >= 4 is 15.9 Å². The highest BCUT2D eigenvalue weighted by Crippen LogP contribution is 2.37. The van der Waals surface area contributed by atoms with Crippen LogP contribution in [0.5, 0.6) is 11.5 Å². The molecule has 1 saturated carbocycles. The molecule has 1 aliphatic heterocycles. The first-order chi connectivity index (χ1) is 14.9. The lowest BCUT2D eigenvalue weighted by Crippen LogP contribution is -2.36. The van der Waals surface area contributed by atoms with E-state index >= 15 is 0 Å². The Morgan fingerprint density at radius 3 is 2.10 bits per heavy atom. The third-order valence-corrected chi connectivity index (χ3v) is 7.97. The fraction of sp³-hybridized carbons (Fsp3) is 0.435. The molecule has 4 rings (SSSR count). The summed E-state index contributed by atoms with van der Waals surface area (Å²) in [5.41, 5.74) is 0.930. The lowest BCUT2D eigenvalue weighted by molar-refractivity contribution is -0.124. The molecular weight excluding hydrogens is 416 g/mol. The second-order valence-corrected chi connectivity index (χ2v) is 10.1. The normalized spacial score (nSPS) is 21.6. The van der Waals surface area contributed by atoms with Crippen molar-refractivity contribution in [2.75, 3.05) is 33.9 Å². The molecule has 0 spiro atoms. The Bertz CT molecular complexity index is 1020. The highest BCUT2D eigenvalue weighted by atomic mass is 32.2. The van der Waals surface area contributed by atoms with Crippen molar-refractivity contribution in [3.05, 3.63) is 54.1 Å². The average Bonchev–Trinajstić information content (AvgIpc) is 3.52. The van der Waals surface area contributed by atoms with E-state index in [9.17, 15) is 13.2 Å². The van der Waals surface area contributed by atoms with Gasteiger partial charge in [0.1, 0.15) is 11.5 Å². The van der Waals surface area contributed by atoms with Gasteiger partial charge in [0.15, 0.2) is 0 Å². The van der Waals surface area contributed by atoms with Gasteiger partial charge in [-0.3, -0.25) is 4.79 Å². The summed E-state index contributed by atoms with van der Waals surface area (Å²) in [6.07, 6.45) is 2.29. The molecule has 166 valence electrons. The van der Waals surface area contributed by atoms with E-state index in [4.69, 9.17) is 9.47 Å². The van der Waals surface area contributed by atoms with Gasteiger partial charge in [-0.25, -0.2) is 8.42 Å². The number of methoxy groups -OCH3 is 2. The van der Waals surface area contributed by atoms with E-state index in [-0.39, 0.29) is 29.8 Å². The van der Waals surface area contributed by atoms with Gasteiger partial charge in [-0.1, -0.05) is 12.1 Å². The number of sulfonamides is 1. The Morgan fingerprint density at radius 1 is 0.968 bits per heavy atom. The highest BCUT2D eigenvalue weighted by molar-refractivity contribution is 7.89. The number of hydrogen-bond donors (Lipinski definition) is 1. The molecule has 1 amide bonds. The van der Waals surface area contributed by atoms with Crippen molar-refractivity contribution in [3.8, 4) is 11.5 Å². The molecular formula is C23H28N2O5S. The van der Waals surface area contributed by atoms with Gasteiger partial charge < -0.3 is 14.8 Å². The molecule has 1 N–H and O–H groups in total. The van der Waals surface area contributed by atoms with Gasteiger partial charge >= 0.3 is 0 Å². The first-order valence-corrected chi connectivity index (χ1v) is 11.9. The molecule has 0 aromatic heterocycles. The monoisotopic (exact) mass is 444 g/mol. The zero-order valence-electron chi connectivity index (χ0n) is 17.8. The van der Waals surface area contributed by atoms with Gasteiger partial charge in [0, 0.05) is 25.6 Å². The molecule has 2 fully saturated rings. The van der Waals surface area contributed by atoms with Crippen molar-refractivity contribution < 1.29 is 22.7 Å². The van der Waals surface area contributed by atoms with E-state index in [1.54, 1.807) is 19.2 Å². The van der Waals surface area contributed by atoms with E-state index in [1.807, 2.05) is 24.3 Å². The molecule has 2 aliphatic rings. The zero-order valence-corrected chi connectivity index (χ0v) is 18.6. The standard InChI is InChI=1S/C23H28N2O5S/c1-29-18-7-5-17(6-8-18)21-14-25(15-22(21)23(26)24-13-16-3-4-16)31(27,28)20-11-9-19(30-2)10-12-20/h5-12,16,21-22H,3-4,13-15H2,1-2H3,(H,24,26). The van der Waals surface area contributed by atoms with Gasteiger partial charge in [0.2, 0.25) is 15.9 Å². The van der Waals surface area contributed by atoms with Crippen LogP contribution in [-0.4, -0.2) is 52.5 Å². The number of benzene rings is 2. The highest BCUT2D eigenvalue weighted by Gasteiger charge is 2.43. The first kappa shape index (κ1) is 21.6. The summed E-state index contributed by atoms with van der Waals surface area (Å²) < 4.78 is 38.4. The molecule has 2 unspecified atom stereocenters. The van der Waals surface area contributed by atoms with Crippen LogP contribution in [0.4, 0.5) is 0 Å². The fourth-order valence-corrected chi connectivity index (χ4v) is 5.51. The molecule has 2 aromatic rings. The first-order valence-electron chi connectivity index (χ1n) is 10.5. The van der Waals surface area contributed by atoms with Crippen LogP contribution >= 0.6 is 0 Å². The third kappa shape index (κ3) is 4.70. The predicted octanol–water partition coefficient (Wildman–Crippen LogP) is 2.63. The number of carbonyl (C=O) groups excluding carboxylic acids is 1. The van der Waals surface area contributed by atoms with Crippen molar-refractivity contribution in [1.29, 1.82) is 0 Å². The van der Waals surface area contributed by atoms with Crippen molar-refractivity contribution in [1.82, 2.24) is 9.62 Å². The van der Waals surface area contributed by atoms with Crippen LogP contribution in [-0.2, 0) is 14.8 Å².